The maximum absolute atomic E-state index is 12.7. The molecule has 2 rings (SSSR count). The van der Waals surface area contributed by atoms with E-state index in [1.54, 1.807) is 6.07 Å². The lowest BCUT2D eigenvalue weighted by Gasteiger charge is -2.25. The first-order valence-corrected chi connectivity index (χ1v) is 5.63. The van der Waals surface area contributed by atoms with Crippen molar-refractivity contribution in [1.82, 2.24) is 5.32 Å². The topological polar surface area (TPSA) is 26.1 Å². The number of alkyl halides is 3. The summed E-state index contributed by atoms with van der Waals surface area (Å²) in [6.07, 6.45) is -2.71. The average molecular weight is 243 g/mol. The van der Waals surface area contributed by atoms with Gasteiger partial charge in [-0.15, -0.1) is 0 Å². The molecule has 1 saturated heterocycles. The van der Waals surface area contributed by atoms with Crippen LogP contribution < -0.4 is 10.6 Å². The molecule has 0 saturated carbocycles. The Morgan fingerprint density at radius 2 is 1.76 bits per heavy atom. The van der Waals surface area contributed by atoms with Gasteiger partial charge in [0, 0.05) is 24.8 Å². The van der Waals surface area contributed by atoms with Gasteiger partial charge in [-0.3, -0.25) is 0 Å². The van der Waals surface area contributed by atoms with E-state index in [-0.39, 0.29) is 11.7 Å². The lowest BCUT2D eigenvalue weighted by atomic mass is 10.1. The van der Waals surface area contributed by atoms with Crippen LogP contribution in [0.15, 0.2) is 24.3 Å². The van der Waals surface area contributed by atoms with E-state index in [1.807, 2.05) is 0 Å². The number of anilines is 1. The minimum absolute atomic E-state index is 0.0935. The summed E-state index contributed by atoms with van der Waals surface area (Å²) in [4.78, 5) is 0. The van der Waals surface area contributed by atoms with Gasteiger partial charge in [0.2, 0.25) is 0 Å². The van der Waals surface area contributed by atoms with Crippen molar-refractivity contribution in [2.45, 2.75) is 25.1 Å². The summed E-state index contributed by atoms with van der Waals surface area (Å²) in [5.41, 5.74) is -0.422. The lowest BCUT2D eigenvalue weighted by Crippen LogP contribution is -2.32. The SMILES string of the molecule is FC(F)(F)c1ccccc1NC1CC[N]CC1. The van der Waals surface area contributed by atoms with Gasteiger partial charge in [0.1, 0.15) is 0 Å². The maximum atomic E-state index is 12.7. The third-order valence-corrected chi connectivity index (χ3v) is 2.86. The van der Waals surface area contributed by atoms with Crippen LogP contribution >= 0.6 is 0 Å². The Morgan fingerprint density at radius 3 is 2.41 bits per heavy atom. The molecule has 0 atom stereocenters. The van der Waals surface area contributed by atoms with Gasteiger partial charge in [0.25, 0.3) is 0 Å². The minimum atomic E-state index is -4.30. The van der Waals surface area contributed by atoms with Crippen molar-refractivity contribution < 1.29 is 13.2 Å². The molecule has 1 aliphatic rings. The van der Waals surface area contributed by atoms with Gasteiger partial charge in [-0.1, -0.05) is 12.1 Å². The highest BCUT2D eigenvalue weighted by Gasteiger charge is 2.33. The van der Waals surface area contributed by atoms with Crippen molar-refractivity contribution in [2.75, 3.05) is 18.4 Å². The number of para-hydroxylation sites is 1. The van der Waals surface area contributed by atoms with E-state index in [9.17, 15) is 13.2 Å². The molecule has 1 N–H and O–H groups in total. The smallest absolute Gasteiger partial charge is 0.382 e. The number of piperidine rings is 1. The van der Waals surface area contributed by atoms with Crippen molar-refractivity contribution in [2.24, 2.45) is 0 Å². The Morgan fingerprint density at radius 1 is 1.12 bits per heavy atom. The van der Waals surface area contributed by atoms with Gasteiger partial charge in [0.05, 0.1) is 5.56 Å². The number of hydrogen-bond acceptors (Lipinski definition) is 1. The molecule has 1 aromatic carbocycles. The monoisotopic (exact) mass is 243 g/mol. The van der Waals surface area contributed by atoms with E-state index in [4.69, 9.17) is 0 Å². The van der Waals surface area contributed by atoms with Crippen molar-refractivity contribution in [3.8, 4) is 0 Å². The maximum Gasteiger partial charge on any atom is 0.418 e. The summed E-state index contributed by atoms with van der Waals surface area (Å²) in [6.45, 7) is 1.46. The van der Waals surface area contributed by atoms with Gasteiger partial charge in [-0.05, 0) is 25.0 Å². The van der Waals surface area contributed by atoms with Gasteiger partial charge in [-0.25, -0.2) is 5.32 Å². The Balaban J connectivity index is 2.14. The fourth-order valence-corrected chi connectivity index (χ4v) is 1.97. The van der Waals surface area contributed by atoms with Gasteiger partial charge in [0.15, 0.2) is 0 Å². The molecule has 2 nitrogen and oxygen atoms in total. The van der Waals surface area contributed by atoms with Gasteiger partial charge in [-0.2, -0.15) is 13.2 Å². The normalized spacial score (nSPS) is 18.1. The van der Waals surface area contributed by atoms with Crippen LogP contribution in [0.1, 0.15) is 18.4 Å². The quantitative estimate of drug-likeness (QED) is 0.849. The van der Waals surface area contributed by atoms with E-state index < -0.39 is 11.7 Å². The molecule has 1 aromatic rings. The molecule has 0 spiro atoms. The van der Waals surface area contributed by atoms with Crippen molar-refractivity contribution >= 4 is 5.69 Å². The van der Waals surface area contributed by atoms with E-state index in [2.05, 4.69) is 10.6 Å². The van der Waals surface area contributed by atoms with Crippen LogP contribution in [0, 0.1) is 0 Å². The van der Waals surface area contributed by atoms with Crippen LogP contribution in [0.5, 0.6) is 0 Å². The van der Waals surface area contributed by atoms with Crippen LogP contribution in [0.2, 0.25) is 0 Å². The second-order valence-electron chi connectivity index (χ2n) is 4.13. The highest BCUT2D eigenvalue weighted by Crippen LogP contribution is 2.35. The fraction of sp³-hybridized carbons (Fsp3) is 0.500. The van der Waals surface area contributed by atoms with Crippen LogP contribution in [0.4, 0.5) is 18.9 Å². The van der Waals surface area contributed by atoms with Crippen LogP contribution in [-0.2, 0) is 6.18 Å². The molecule has 0 bridgehead atoms. The molecule has 1 aliphatic heterocycles. The Hall–Kier alpha value is -1.23. The summed E-state index contributed by atoms with van der Waals surface area (Å²) in [6, 6.07) is 5.70. The number of nitrogens with one attached hydrogen (secondary N) is 1. The zero-order valence-electron chi connectivity index (χ0n) is 9.30. The minimum Gasteiger partial charge on any atom is -0.382 e. The fourth-order valence-electron chi connectivity index (χ4n) is 1.97. The second-order valence-corrected chi connectivity index (χ2v) is 4.13. The Kier molecular flexibility index (Phi) is 3.57. The molecule has 0 aromatic heterocycles. The molecule has 0 amide bonds. The van der Waals surface area contributed by atoms with Crippen LogP contribution in [-0.4, -0.2) is 19.1 Å². The molecule has 0 unspecified atom stereocenters. The van der Waals surface area contributed by atoms with E-state index in [1.165, 1.54) is 12.1 Å². The molecule has 5 heteroatoms. The molecular formula is C12H14F3N2. The first-order valence-electron chi connectivity index (χ1n) is 5.63. The second kappa shape index (κ2) is 4.96. The van der Waals surface area contributed by atoms with Crippen LogP contribution in [0.3, 0.4) is 0 Å². The van der Waals surface area contributed by atoms with Crippen molar-refractivity contribution in [1.29, 1.82) is 0 Å². The standard InChI is InChI=1S/C12H14F3N2/c13-12(14,15)10-3-1-2-4-11(10)17-9-5-7-16-8-6-9/h1-4,9,17H,5-8H2. The van der Waals surface area contributed by atoms with Crippen LogP contribution in [0.25, 0.3) is 0 Å². The number of hydrogen-bond donors (Lipinski definition) is 1. The zero-order valence-corrected chi connectivity index (χ0v) is 9.30. The largest absolute Gasteiger partial charge is 0.418 e. The first kappa shape index (κ1) is 12.2. The predicted molar refractivity (Wildman–Crippen MR) is 60.0 cm³/mol. The third-order valence-electron chi connectivity index (χ3n) is 2.86. The number of nitrogens with zero attached hydrogens (tertiary/aromatic N) is 1. The number of rotatable bonds is 2. The highest BCUT2D eigenvalue weighted by atomic mass is 19.4. The zero-order chi connectivity index (χ0) is 12.3. The third kappa shape index (κ3) is 3.12. The molecule has 93 valence electrons. The molecule has 0 aliphatic carbocycles. The van der Waals surface area contributed by atoms with E-state index in [0.717, 1.165) is 32.0 Å². The van der Waals surface area contributed by atoms with Crippen molar-refractivity contribution in [3.63, 3.8) is 0 Å². The lowest BCUT2D eigenvalue weighted by molar-refractivity contribution is -0.137. The van der Waals surface area contributed by atoms with E-state index >= 15 is 0 Å². The predicted octanol–water partition coefficient (Wildman–Crippen LogP) is 2.88. The molecule has 1 heterocycles. The summed E-state index contributed by atoms with van der Waals surface area (Å²) < 4.78 is 38.2. The van der Waals surface area contributed by atoms with Gasteiger partial charge < -0.3 is 5.32 Å². The van der Waals surface area contributed by atoms with Gasteiger partial charge >= 0.3 is 6.18 Å². The number of benzene rings is 1. The van der Waals surface area contributed by atoms with Crippen molar-refractivity contribution in [3.05, 3.63) is 29.8 Å². The molecule has 1 fully saturated rings. The molecular weight excluding hydrogens is 229 g/mol. The summed E-state index contributed by atoms with van der Waals surface area (Å²) in [5.74, 6) is 0. The van der Waals surface area contributed by atoms with E-state index in [0.29, 0.717) is 0 Å². The molecule has 1 radical (unpaired) electrons. The summed E-state index contributed by atoms with van der Waals surface area (Å²) in [5, 5.41) is 7.15. The summed E-state index contributed by atoms with van der Waals surface area (Å²) >= 11 is 0. The Labute approximate surface area is 98.2 Å². The number of halogens is 3. The average Bonchev–Trinajstić information content (AvgIpc) is 2.30. The first-order chi connectivity index (χ1) is 8.07. The molecule has 17 heavy (non-hydrogen) atoms. The Bertz CT molecular complexity index is 370. The summed E-state index contributed by atoms with van der Waals surface area (Å²) in [7, 11) is 0. The highest BCUT2D eigenvalue weighted by molar-refractivity contribution is 5.53.